The molecule has 1 saturated heterocycles. The van der Waals surface area contributed by atoms with Crippen molar-refractivity contribution in [2.24, 2.45) is 0 Å². The Balaban J connectivity index is 1.63. The Morgan fingerprint density at radius 1 is 0.402 bits per heavy atom. The zero-order valence-electron chi connectivity index (χ0n) is 54.5. The number of aliphatic hydroxyl groups is 16. The second kappa shape index (κ2) is 46.3. The molecule has 0 aromatic heterocycles. The van der Waals surface area contributed by atoms with E-state index in [9.17, 15) is 105 Å². The van der Waals surface area contributed by atoms with Gasteiger partial charge in [0, 0.05) is 0 Å². The molecule has 1 heterocycles. The highest BCUT2D eigenvalue weighted by Gasteiger charge is 2.56. The van der Waals surface area contributed by atoms with E-state index < -0.39 is 169 Å². The van der Waals surface area contributed by atoms with Crippen molar-refractivity contribution in [3.63, 3.8) is 0 Å². The van der Waals surface area contributed by atoms with Crippen molar-refractivity contribution >= 4 is 21.6 Å². The monoisotopic (exact) mass is 1370 g/mol. The fourth-order valence-electron chi connectivity index (χ4n) is 12.1. The van der Waals surface area contributed by atoms with Crippen LogP contribution in [0.5, 0.6) is 0 Å². The Morgan fingerprint density at radius 2 is 0.717 bits per heavy atom. The average molecular weight is 1370 g/mol. The molecular weight excluding hydrogens is 1250 g/mol. The highest BCUT2D eigenvalue weighted by molar-refractivity contribution is 7.47. The van der Waals surface area contributed by atoms with Crippen LogP contribution in [0.25, 0.3) is 0 Å². The van der Waals surface area contributed by atoms with Gasteiger partial charge in [-0.2, -0.15) is 0 Å². The van der Waals surface area contributed by atoms with E-state index >= 15 is 0 Å². The van der Waals surface area contributed by atoms with Crippen molar-refractivity contribution < 1.29 is 133 Å². The molecule has 3 aliphatic rings. The Bertz CT molecular complexity index is 2000. The summed E-state index contributed by atoms with van der Waals surface area (Å²) in [5.74, 6) is -1.24. The molecule has 1 amide bonds. The predicted octanol–water partition coefficient (Wildman–Crippen LogP) is 3.08. The van der Waals surface area contributed by atoms with Crippen molar-refractivity contribution in [3.8, 4) is 0 Å². The van der Waals surface area contributed by atoms with Crippen LogP contribution >= 0.6 is 15.6 Å². The van der Waals surface area contributed by atoms with E-state index in [-0.39, 0.29) is 12.8 Å². The SMILES string of the molecule is CCCCCCCCCCCCCCCCCCCCCC(O)C(O)C(=O)N[C@@H](COP(=O)(O)O[C@@H]1[C@H](O)[C@H](O)[C@@H](O)[C@H](O)[C@H]1OC1O[C@H](COP(=O)(O)OC2[C@H](O)[C@H](O)C(O)[C@H](O)[C@H]2O)[C@@H](O)[C@H](O)[C@@H]1O)[C@H](O)C(O)CCCCCCCCCCCCCCCC. The third-order valence-electron chi connectivity index (χ3n) is 18.1. The topological polar surface area (TPSA) is 483 Å². The number of carbonyl (C=O) groups excluding carboxylic acids is 1. The van der Waals surface area contributed by atoms with Gasteiger partial charge in [-0.05, 0) is 12.8 Å². The molecule has 24 atom stereocenters. The number of nitrogens with one attached hydrogen (secondary N) is 1. The van der Waals surface area contributed by atoms with Gasteiger partial charge in [-0.25, -0.2) is 9.13 Å². The first-order valence-corrected chi connectivity index (χ1v) is 37.5. The quantitative estimate of drug-likeness (QED) is 0.0307. The van der Waals surface area contributed by atoms with E-state index in [1.54, 1.807) is 0 Å². The normalized spacial score (nSPS) is 31.7. The van der Waals surface area contributed by atoms with E-state index in [0.29, 0.717) is 19.3 Å². The number of rotatable bonds is 52. The van der Waals surface area contributed by atoms with Crippen LogP contribution in [0.1, 0.15) is 239 Å². The molecule has 30 heteroatoms. The van der Waals surface area contributed by atoms with E-state index in [0.717, 1.165) is 64.2 Å². The first kappa shape index (κ1) is 85.2. The van der Waals surface area contributed by atoms with Gasteiger partial charge in [0.1, 0.15) is 104 Å². The summed E-state index contributed by atoms with van der Waals surface area (Å²) in [5, 5.41) is 173. The molecule has 19 N–H and O–H groups in total. The summed E-state index contributed by atoms with van der Waals surface area (Å²) in [4.78, 5) is 35.1. The summed E-state index contributed by atoms with van der Waals surface area (Å²) in [7, 11) is -11.3. The van der Waals surface area contributed by atoms with Crippen LogP contribution in [0.4, 0.5) is 0 Å². The average Bonchev–Trinajstić information content (AvgIpc) is 0.786. The zero-order chi connectivity index (χ0) is 68.4. The van der Waals surface area contributed by atoms with Gasteiger partial charge in [0.2, 0.25) is 0 Å². The molecule has 0 aromatic carbocycles. The summed E-state index contributed by atoms with van der Waals surface area (Å²) >= 11 is 0. The van der Waals surface area contributed by atoms with Crippen molar-refractivity contribution in [3.05, 3.63) is 0 Å². The molecule has 0 spiro atoms. The lowest BCUT2D eigenvalue weighted by Gasteiger charge is -2.47. The summed E-state index contributed by atoms with van der Waals surface area (Å²) in [6.07, 6.45) is -9.19. The number of hydrogen-bond acceptors (Lipinski definition) is 25. The minimum atomic E-state index is -5.75. The first-order valence-electron chi connectivity index (χ1n) is 34.5. The molecule has 546 valence electrons. The highest BCUT2D eigenvalue weighted by atomic mass is 31.2. The van der Waals surface area contributed by atoms with E-state index in [1.165, 1.54) is 128 Å². The van der Waals surface area contributed by atoms with Gasteiger partial charge in [-0.15, -0.1) is 0 Å². The Kier molecular flexibility index (Phi) is 42.9. The van der Waals surface area contributed by atoms with Crippen molar-refractivity contribution in [2.45, 2.75) is 373 Å². The van der Waals surface area contributed by atoms with Gasteiger partial charge in [0.25, 0.3) is 5.91 Å². The third-order valence-corrected chi connectivity index (χ3v) is 20.1. The van der Waals surface area contributed by atoms with E-state index in [2.05, 4.69) is 19.2 Å². The Morgan fingerprint density at radius 3 is 1.12 bits per heavy atom. The largest absolute Gasteiger partial charge is 0.472 e. The predicted molar refractivity (Wildman–Crippen MR) is 336 cm³/mol. The second-order valence-electron chi connectivity index (χ2n) is 25.9. The molecular formula is C62H121NO27P2. The molecule has 2 saturated carbocycles. The minimum absolute atomic E-state index is 0.00771. The number of ether oxygens (including phenoxy) is 2. The Hall–Kier alpha value is -1.03. The molecule has 3 fully saturated rings. The number of amides is 1. The van der Waals surface area contributed by atoms with Crippen LogP contribution in [-0.4, -0.2) is 245 Å². The minimum Gasteiger partial charge on any atom is -0.390 e. The number of hydrogen-bond donors (Lipinski definition) is 19. The molecule has 28 nitrogen and oxygen atoms in total. The van der Waals surface area contributed by atoms with Crippen LogP contribution in [0, 0.1) is 0 Å². The van der Waals surface area contributed by atoms with Gasteiger partial charge in [0.15, 0.2) is 12.4 Å². The molecule has 0 aromatic rings. The number of phosphoric acid groups is 2. The zero-order valence-corrected chi connectivity index (χ0v) is 56.3. The molecule has 8 unspecified atom stereocenters. The lowest BCUT2D eigenvalue weighted by atomic mass is 9.84. The van der Waals surface area contributed by atoms with Crippen molar-refractivity contribution in [1.82, 2.24) is 5.32 Å². The van der Waals surface area contributed by atoms with Gasteiger partial charge in [-0.3, -0.25) is 22.9 Å². The lowest BCUT2D eigenvalue weighted by Crippen LogP contribution is -2.67. The maximum absolute atomic E-state index is 13.8. The fraction of sp³-hybridized carbons (Fsp3) is 0.984. The highest BCUT2D eigenvalue weighted by Crippen LogP contribution is 2.49. The smallest absolute Gasteiger partial charge is 0.390 e. The molecule has 0 bridgehead atoms. The van der Waals surface area contributed by atoms with Gasteiger partial charge in [0.05, 0.1) is 31.5 Å². The number of unbranched alkanes of at least 4 members (excludes halogenated alkanes) is 31. The molecule has 0 radical (unpaired) electrons. The van der Waals surface area contributed by atoms with Crippen molar-refractivity contribution in [2.75, 3.05) is 13.2 Å². The van der Waals surface area contributed by atoms with Crippen LogP contribution in [0.2, 0.25) is 0 Å². The summed E-state index contributed by atoms with van der Waals surface area (Å²) < 4.78 is 57.7. The molecule has 92 heavy (non-hydrogen) atoms. The van der Waals surface area contributed by atoms with Crippen molar-refractivity contribution in [1.29, 1.82) is 0 Å². The van der Waals surface area contributed by atoms with Crippen LogP contribution in [0.15, 0.2) is 0 Å². The van der Waals surface area contributed by atoms with Gasteiger partial charge < -0.3 is 106 Å². The van der Waals surface area contributed by atoms with Crippen LogP contribution in [0.3, 0.4) is 0 Å². The second-order valence-corrected chi connectivity index (χ2v) is 28.7. The van der Waals surface area contributed by atoms with E-state index in [1.807, 2.05) is 0 Å². The summed E-state index contributed by atoms with van der Waals surface area (Å²) in [5.41, 5.74) is 0. The molecule has 1 aliphatic heterocycles. The fourth-order valence-corrected chi connectivity index (χ4v) is 14.0. The van der Waals surface area contributed by atoms with Gasteiger partial charge >= 0.3 is 15.6 Å². The maximum atomic E-state index is 13.8. The maximum Gasteiger partial charge on any atom is 0.472 e. The Labute approximate surface area is 544 Å². The lowest BCUT2D eigenvalue weighted by molar-refractivity contribution is -0.337. The number of phosphoric ester groups is 2. The van der Waals surface area contributed by atoms with Crippen LogP contribution in [-0.2, 0) is 41.5 Å². The third kappa shape index (κ3) is 30.6. The standard InChI is InChI=1S/C62H121NO27P2/c1-3-5-7-9-11-13-15-17-19-20-21-22-23-25-27-29-31-33-35-37-42(65)45(67)61(80)63-40(44(66)41(64)36-34-32-30-28-26-24-18-16-14-12-10-8-6-4-2)38-85-91(81,82)90-60-56(78)52(74)51(73)55(77)59(60)88-62-57(79)47(69)46(68)43(87-62)39-86-92(83,84)89-58-53(75)49(71)48(70)50(72)54(58)76/h40-60,62,64-79H,3-39H2,1-2H3,(H,63,80)(H,81,82)(H,83,84)/t40-,41?,42?,43+,44-,45?,46+,47-,48?,49-,50+,51+,52+,53+,54+,55-,56+,57-,58?,59+,60+,62?/m0/s1. The van der Waals surface area contributed by atoms with E-state index in [4.69, 9.17) is 27.6 Å². The molecule has 2 aliphatic carbocycles. The van der Waals surface area contributed by atoms with Gasteiger partial charge in [-0.1, -0.05) is 226 Å². The summed E-state index contributed by atoms with van der Waals surface area (Å²) in [6.45, 7) is 1.96. The molecule has 3 rings (SSSR count). The first-order chi connectivity index (χ1) is 43.7. The number of aliphatic hydroxyl groups excluding tert-OH is 16. The van der Waals surface area contributed by atoms with Crippen LogP contribution < -0.4 is 5.32 Å². The summed E-state index contributed by atoms with van der Waals surface area (Å²) in [6, 6.07) is -1.81. The number of carbonyl (C=O) groups is 1.